The molecular formula is C13H20N4O2. The zero-order chi connectivity index (χ0) is 13.7. The second-order valence-electron chi connectivity index (χ2n) is 4.62. The Balaban J connectivity index is 2.06. The molecule has 1 aromatic heterocycles. The third-order valence-corrected chi connectivity index (χ3v) is 3.00. The first-order valence-corrected chi connectivity index (χ1v) is 6.69. The molecule has 0 aliphatic carbocycles. The van der Waals surface area contributed by atoms with Gasteiger partial charge >= 0.3 is 0 Å². The van der Waals surface area contributed by atoms with Gasteiger partial charge in [-0.15, -0.1) is 10.2 Å². The molecule has 6 nitrogen and oxygen atoms in total. The first-order chi connectivity index (χ1) is 9.20. The van der Waals surface area contributed by atoms with Gasteiger partial charge in [0.2, 0.25) is 0 Å². The first kappa shape index (κ1) is 13.7. The van der Waals surface area contributed by atoms with E-state index in [1.165, 1.54) is 0 Å². The fraction of sp³-hybridized carbons (Fsp3) is 0.615. The predicted molar refractivity (Wildman–Crippen MR) is 72.3 cm³/mol. The van der Waals surface area contributed by atoms with Crippen LogP contribution in [-0.2, 0) is 4.74 Å². The van der Waals surface area contributed by atoms with Crippen molar-refractivity contribution < 1.29 is 9.53 Å². The summed E-state index contributed by atoms with van der Waals surface area (Å²) in [6.45, 7) is 6.99. The van der Waals surface area contributed by atoms with E-state index < -0.39 is 0 Å². The number of carbonyl (C=O) groups is 1. The monoisotopic (exact) mass is 264 g/mol. The number of ether oxygens (including phenoxy) is 1. The van der Waals surface area contributed by atoms with Crippen LogP contribution in [0.25, 0.3) is 0 Å². The Morgan fingerprint density at radius 2 is 2.37 bits per heavy atom. The van der Waals surface area contributed by atoms with Crippen molar-refractivity contribution in [2.24, 2.45) is 0 Å². The van der Waals surface area contributed by atoms with Gasteiger partial charge in [0.1, 0.15) is 0 Å². The average Bonchev–Trinajstić information content (AvgIpc) is 2.64. The van der Waals surface area contributed by atoms with E-state index in [9.17, 15) is 4.79 Å². The van der Waals surface area contributed by atoms with E-state index in [1.54, 1.807) is 6.07 Å². The lowest BCUT2D eigenvalue weighted by Crippen LogP contribution is -2.31. The summed E-state index contributed by atoms with van der Waals surface area (Å²) in [6.07, 6.45) is 1.16. The van der Waals surface area contributed by atoms with Gasteiger partial charge in [-0.2, -0.15) is 0 Å². The van der Waals surface area contributed by atoms with E-state index in [1.807, 2.05) is 13.0 Å². The SMILES string of the molecule is CCNC(=O)c1ccc(N2CCCOC(C)C2)nn1. The van der Waals surface area contributed by atoms with Crippen molar-refractivity contribution in [1.82, 2.24) is 15.5 Å². The van der Waals surface area contributed by atoms with Crippen LogP contribution < -0.4 is 10.2 Å². The van der Waals surface area contributed by atoms with Crippen LogP contribution in [0.5, 0.6) is 0 Å². The third kappa shape index (κ3) is 3.64. The lowest BCUT2D eigenvalue weighted by molar-refractivity contribution is 0.0820. The van der Waals surface area contributed by atoms with Gasteiger partial charge in [0, 0.05) is 26.2 Å². The van der Waals surface area contributed by atoms with Gasteiger partial charge in [-0.05, 0) is 32.4 Å². The standard InChI is InChI=1S/C13H20N4O2/c1-3-14-13(18)11-5-6-12(16-15-11)17-7-4-8-19-10(2)9-17/h5-6,10H,3-4,7-9H2,1-2H3,(H,14,18). The quantitative estimate of drug-likeness (QED) is 0.876. The largest absolute Gasteiger partial charge is 0.377 e. The normalized spacial score (nSPS) is 19.9. The molecule has 1 aromatic rings. The zero-order valence-electron chi connectivity index (χ0n) is 11.4. The molecule has 2 heterocycles. The summed E-state index contributed by atoms with van der Waals surface area (Å²) >= 11 is 0. The molecule has 104 valence electrons. The Kier molecular flexibility index (Phi) is 4.68. The topological polar surface area (TPSA) is 67.4 Å². The van der Waals surface area contributed by atoms with E-state index in [2.05, 4.69) is 27.3 Å². The highest BCUT2D eigenvalue weighted by molar-refractivity contribution is 5.92. The lowest BCUT2D eigenvalue weighted by atomic mass is 10.3. The van der Waals surface area contributed by atoms with Crippen LogP contribution in [-0.4, -0.2) is 48.4 Å². The molecule has 1 aliphatic rings. The summed E-state index contributed by atoms with van der Waals surface area (Å²) in [6, 6.07) is 3.55. The van der Waals surface area contributed by atoms with Crippen molar-refractivity contribution in [1.29, 1.82) is 0 Å². The van der Waals surface area contributed by atoms with E-state index in [-0.39, 0.29) is 12.0 Å². The number of amides is 1. The molecule has 1 aliphatic heterocycles. The van der Waals surface area contributed by atoms with E-state index in [0.717, 1.165) is 31.9 Å². The molecule has 2 rings (SSSR count). The third-order valence-electron chi connectivity index (χ3n) is 3.00. The maximum atomic E-state index is 11.6. The van der Waals surface area contributed by atoms with Gasteiger partial charge in [0.25, 0.3) is 5.91 Å². The molecule has 1 amide bonds. The summed E-state index contributed by atoms with van der Waals surface area (Å²) in [5.41, 5.74) is 0.352. The van der Waals surface area contributed by atoms with Crippen LogP contribution in [0.3, 0.4) is 0 Å². The fourth-order valence-electron chi connectivity index (χ4n) is 2.07. The summed E-state index contributed by atoms with van der Waals surface area (Å²) in [7, 11) is 0. The Labute approximate surface area is 113 Å². The number of hydrogen-bond acceptors (Lipinski definition) is 5. The molecule has 19 heavy (non-hydrogen) atoms. The molecule has 6 heteroatoms. The number of anilines is 1. The molecule has 0 saturated carbocycles. The first-order valence-electron chi connectivity index (χ1n) is 6.69. The van der Waals surface area contributed by atoms with Crippen molar-refractivity contribution in [2.75, 3.05) is 31.1 Å². The molecule has 1 atom stereocenters. The molecule has 1 N–H and O–H groups in total. The van der Waals surface area contributed by atoms with Gasteiger partial charge in [-0.25, -0.2) is 0 Å². The highest BCUT2D eigenvalue weighted by atomic mass is 16.5. The maximum absolute atomic E-state index is 11.6. The van der Waals surface area contributed by atoms with Gasteiger partial charge in [-0.3, -0.25) is 4.79 Å². The average molecular weight is 264 g/mol. The molecular weight excluding hydrogens is 244 g/mol. The van der Waals surface area contributed by atoms with Crippen LogP contribution in [0.4, 0.5) is 5.82 Å². The zero-order valence-corrected chi connectivity index (χ0v) is 11.4. The summed E-state index contributed by atoms with van der Waals surface area (Å²) in [5, 5.41) is 10.8. The van der Waals surface area contributed by atoms with Crippen molar-refractivity contribution in [3.8, 4) is 0 Å². The second kappa shape index (κ2) is 6.47. The predicted octanol–water partition coefficient (Wildman–Crippen LogP) is 0.841. The minimum atomic E-state index is -0.186. The lowest BCUT2D eigenvalue weighted by Gasteiger charge is -2.22. The summed E-state index contributed by atoms with van der Waals surface area (Å²) in [5.74, 6) is 0.611. The van der Waals surface area contributed by atoms with Crippen LogP contribution in [0.2, 0.25) is 0 Å². The van der Waals surface area contributed by atoms with Crippen LogP contribution >= 0.6 is 0 Å². The second-order valence-corrected chi connectivity index (χ2v) is 4.62. The molecule has 1 unspecified atom stereocenters. The van der Waals surface area contributed by atoms with E-state index in [0.29, 0.717) is 12.2 Å². The molecule has 0 aromatic carbocycles. The Hall–Kier alpha value is -1.69. The Bertz CT molecular complexity index is 421. The summed E-state index contributed by atoms with van der Waals surface area (Å²) < 4.78 is 5.59. The number of rotatable bonds is 3. The van der Waals surface area contributed by atoms with Crippen molar-refractivity contribution in [3.63, 3.8) is 0 Å². The van der Waals surface area contributed by atoms with Crippen molar-refractivity contribution >= 4 is 11.7 Å². The van der Waals surface area contributed by atoms with Gasteiger partial charge in [0.05, 0.1) is 6.10 Å². The highest BCUT2D eigenvalue weighted by Crippen LogP contribution is 2.14. The van der Waals surface area contributed by atoms with E-state index >= 15 is 0 Å². The molecule has 0 radical (unpaired) electrons. The van der Waals surface area contributed by atoms with Crippen LogP contribution in [0.15, 0.2) is 12.1 Å². The van der Waals surface area contributed by atoms with Crippen LogP contribution in [0.1, 0.15) is 30.8 Å². The summed E-state index contributed by atoms with van der Waals surface area (Å²) in [4.78, 5) is 13.7. The van der Waals surface area contributed by atoms with Gasteiger partial charge < -0.3 is 15.0 Å². The minimum Gasteiger partial charge on any atom is -0.377 e. The van der Waals surface area contributed by atoms with Gasteiger partial charge in [0.15, 0.2) is 11.5 Å². The van der Waals surface area contributed by atoms with Crippen LogP contribution in [0, 0.1) is 0 Å². The minimum absolute atomic E-state index is 0.186. The molecule has 0 spiro atoms. The highest BCUT2D eigenvalue weighted by Gasteiger charge is 2.17. The Morgan fingerprint density at radius 3 is 3.05 bits per heavy atom. The Morgan fingerprint density at radius 1 is 1.53 bits per heavy atom. The fourth-order valence-corrected chi connectivity index (χ4v) is 2.07. The number of hydrogen-bond donors (Lipinski definition) is 1. The number of aromatic nitrogens is 2. The van der Waals surface area contributed by atoms with E-state index in [4.69, 9.17) is 4.74 Å². The maximum Gasteiger partial charge on any atom is 0.271 e. The van der Waals surface area contributed by atoms with Crippen molar-refractivity contribution in [3.05, 3.63) is 17.8 Å². The molecule has 1 saturated heterocycles. The van der Waals surface area contributed by atoms with Gasteiger partial charge in [-0.1, -0.05) is 0 Å². The number of nitrogens with one attached hydrogen (secondary N) is 1. The van der Waals surface area contributed by atoms with Crippen molar-refractivity contribution in [2.45, 2.75) is 26.4 Å². The number of carbonyl (C=O) groups excluding carboxylic acids is 1. The smallest absolute Gasteiger partial charge is 0.271 e. The number of nitrogens with zero attached hydrogens (tertiary/aromatic N) is 3. The molecule has 1 fully saturated rings. The molecule has 0 bridgehead atoms.